The zero-order valence-corrected chi connectivity index (χ0v) is 13.6. The fraction of sp³-hybridized carbons (Fsp3) is 0.643. The third-order valence-electron chi connectivity index (χ3n) is 3.83. The maximum Gasteiger partial charge on any atom is 0.359 e. The predicted molar refractivity (Wildman–Crippen MR) is 78.3 cm³/mol. The van der Waals surface area contributed by atoms with Crippen LogP contribution in [0.5, 0.6) is 0 Å². The second kappa shape index (κ2) is 8.65. The number of quaternary nitrogens is 1. The van der Waals surface area contributed by atoms with Crippen LogP contribution >= 0.6 is 0 Å². The van der Waals surface area contributed by atoms with Crippen molar-refractivity contribution in [2.45, 2.75) is 0 Å². The van der Waals surface area contributed by atoms with Crippen molar-refractivity contribution in [1.29, 1.82) is 0 Å². The number of morpholine rings is 2. The van der Waals surface area contributed by atoms with Crippen molar-refractivity contribution >= 4 is 29.8 Å². The van der Waals surface area contributed by atoms with Crippen LogP contribution < -0.4 is 4.90 Å². The number of carbonyl (C=O) groups is 5. The molecular formula is C14H20N3O8+. The molecule has 11 heteroatoms. The van der Waals surface area contributed by atoms with E-state index in [4.69, 9.17) is 5.11 Å². The molecule has 0 aromatic heterocycles. The fourth-order valence-electron chi connectivity index (χ4n) is 2.69. The Labute approximate surface area is 143 Å². The summed E-state index contributed by atoms with van der Waals surface area (Å²) in [7, 11) is 0. The van der Waals surface area contributed by atoms with Crippen LogP contribution in [-0.4, -0.2) is 104 Å². The monoisotopic (exact) mass is 358 g/mol. The Hall–Kier alpha value is -2.37. The molecule has 0 aromatic carbocycles. The Morgan fingerprint density at radius 1 is 0.840 bits per heavy atom. The minimum absolute atomic E-state index is 0.0153. The lowest BCUT2D eigenvalue weighted by molar-refractivity contribution is -0.891. The van der Waals surface area contributed by atoms with E-state index in [-0.39, 0.29) is 32.7 Å². The molecule has 0 bridgehead atoms. The number of carboxylic acids is 1. The molecule has 2 aliphatic heterocycles. The van der Waals surface area contributed by atoms with Gasteiger partial charge in [0.2, 0.25) is 0 Å². The van der Waals surface area contributed by atoms with Crippen LogP contribution in [0, 0.1) is 0 Å². The highest BCUT2D eigenvalue weighted by atomic mass is 16.6. The summed E-state index contributed by atoms with van der Waals surface area (Å²) in [6.45, 7) is 1.26. The Morgan fingerprint density at radius 2 is 1.20 bits per heavy atom. The summed E-state index contributed by atoms with van der Waals surface area (Å²) in [5.74, 6) is -3.48. The van der Waals surface area contributed by atoms with E-state index in [1.54, 1.807) is 9.80 Å². The van der Waals surface area contributed by atoms with Crippen LogP contribution in [0.2, 0.25) is 0 Å². The fourth-order valence-corrected chi connectivity index (χ4v) is 2.69. The first-order valence-electron chi connectivity index (χ1n) is 7.79. The molecule has 138 valence electrons. The van der Waals surface area contributed by atoms with E-state index in [0.717, 1.165) is 0 Å². The third-order valence-corrected chi connectivity index (χ3v) is 3.83. The summed E-state index contributed by atoms with van der Waals surface area (Å²) in [5, 5.41) is 9.02. The van der Waals surface area contributed by atoms with E-state index in [1.807, 2.05) is 0 Å². The van der Waals surface area contributed by atoms with Gasteiger partial charge in [0.25, 0.3) is 0 Å². The molecule has 0 aromatic rings. The maximum atomic E-state index is 11.2. The topological polar surface area (TPSA) is 135 Å². The van der Waals surface area contributed by atoms with Crippen molar-refractivity contribution in [2.75, 3.05) is 58.9 Å². The van der Waals surface area contributed by atoms with Gasteiger partial charge in [0, 0.05) is 13.1 Å². The highest BCUT2D eigenvalue weighted by Crippen LogP contribution is 1.99. The number of aliphatic carboxylic acids is 1. The van der Waals surface area contributed by atoms with E-state index in [1.165, 1.54) is 0 Å². The predicted octanol–water partition coefficient (Wildman–Crippen LogP) is -4.27. The summed E-state index contributed by atoms with van der Waals surface area (Å²) < 4.78 is 8.86. The van der Waals surface area contributed by atoms with Gasteiger partial charge in [-0.05, 0) is 0 Å². The van der Waals surface area contributed by atoms with Crippen molar-refractivity contribution in [1.82, 2.24) is 9.80 Å². The lowest BCUT2D eigenvalue weighted by Crippen LogP contribution is -3.14. The molecule has 2 heterocycles. The molecule has 2 N–H and O–H groups in total. The van der Waals surface area contributed by atoms with Crippen LogP contribution in [0.25, 0.3) is 0 Å². The molecule has 0 unspecified atom stereocenters. The minimum Gasteiger partial charge on any atom is -0.477 e. The summed E-state index contributed by atoms with van der Waals surface area (Å²) in [6, 6.07) is 0. The van der Waals surface area contributed by atoms with Crippen LogP contribution in [0.3, 0.4) is 0 Å². The lowest BCUT2D eigenvalue weighted by Gasteiger charge is -2.28. The van der Waals surface area contributed by atoms with Gasteiger partial charge >= 0.3 is 29.8 Å². The minimum atomic E-state index is -0.988. The zero-order valence-electron chi connectivity index (χ0n) is 13.6. The smallest absolute Gasteiger partial charge is 0.359 e. The van der Waals surface area contributed by atoms with E-state index in [9.17, 15) is 24.0 Å². The number of nitrogens with zero attached hydrogens (tertiary/aromatic N) is 2. The van der Waals surface area contributed by atoms with Crippen LogP contribution in [0.4, 0.5) is 0 Å². The first-order valence-corrected chi connectivity index (χ1v) is 7.79. The number of esters is 4. The summed E-state index contributed by atoms with van der Waals surface area (Å²) in [4.78, 5) is 59.8. The second-order valence-corrected chi connectivity index (χ2v) is 5.93. The number of ether oxygens (including phenoxy) is 2. The largest absolute Gasteiger partial charge is 0.477 e. The highest BCUT2D eigenvalue weighted by molar-refractivity contribution is 5.90. The molecule has 0 radical (unpaired) electrons. The van der Waals surface area contributed by atoms with Gasteiger partial charge in [0.1, 0.15) is 0 Å². The van der Waals surface area contributed by atoms with Crippen LogP contribution in [0.15, 0.2) is 0 Å². The van der Waals surface area contributed by atoms with Crippen LogP contribution in [0.1, 0.15) is 0 Å². The Bertz CT molecular complexity index is 504. The maximum absolute atomic E-state index is 11.2. The molecule has 25 heavy (non-hydrogen) atoms. The Balaban J connectivity index is 1.82. The molecule has 0 saturated carbocycles. The van der Waals surface area contributed by atoms with Crippen molar-refractivity contribution in [3.05, 3.63) is 0 Å². The number of carboxylic acid groups (broad SMARTS) is 1. The lowest BCUT2D eigenvalue weighted by atomic mass is 10.3. The average Bonchev–Trinajstić information content (AvgIpc) is 2.47. The van der Waals surface area contributed by atoms with Crippen molar-refractivity contribution in [3.8, 4) is 0 Å². The quantitative estimate of drug-likeness (QED) is 0.324. The SMILES string of the molecule is O=C(O)C[NH+](CCN1CC(=O)OC(=O)C1)CCN1CC(=O)OC(=O)C1. The molecule has 11 nitrogen and oxygen atoms in total. The van der Waals surface area contributed by atoms with Gasteiger partial charge < -0.3 is 19.5 Å². The highest BCUT2D eigenvalue weighted by Gasteiger charge is 2.28. The molecule has 0 amide bonds. The van der Waals surface area contributed by atoms with Crippen molar-refractivity contribution < 1.29 is 43.5 Å². The first kappa shape index (κ1) is 19.0. The Kier molecular flexibility index (Phi) is 6.56. The summed E-state index contributed by atoms with van der Waals surface area (Å²) in [5.41, 5.74) is 0. The van der Waals surface area contributed by atoms with Crippen molar-refractivity contribution in [3.63, 3.8) is 0 Å². The standard InChI is InChI=1S/C14H19N3O8/c18-10(19)5-15(1-3-16-6-11(20)24-12(21)7-16)2-4-17-8-13(22)25-14(23)9-17/h1-9H2,(H,18,19)/p+1. The van der Waals surface area contributed by atoms with Crippen molar-refractivity contribution in [2.24, 2.45) is 0 Å². The van der Waals surface area contributed by atoms with E-state index in [2.05, 4.69) is 9.47 Å². The van der Waals surface area contributed by atoms with Gasteiger partial charge in [-0.3, -0.25) is 29.0 Å². The molecule has 0 atom stereocenters. The van der Waals surface area contributed by atoms with E-state index < -0.39 is 29.8 Å². The molecule has 2 aliphatic rings. The Morgan fingerprint density at radius 3 is 1.52 bits per heavy atom. The first-order chi connectivity index (χ1) is 11.8. The number of hydrogen-bond donors (Lipinski definition) is 2. The van der Waals surface area contributed by atoms with E-state index >= 15 is 0 Å². The third kappa shape index (κ3) is 6.57. The van der Waals surface area contributed by atoms with E-state index in [0.29, 0.717) is 31.1 Å². The van der Waals surface area contributed by atoms with Crippen LogP contribution in [-0.2, 0) is 33.4 Å². The summed E-state index contributed by atoms with van der Waals surface area (Å²) >= 11 is 0. The second-order valence-electron chi connectivity index (χ2n) is 5.93. The number of hydrogen-bond acceptors (Lipinski definition) is 9. The van der Waals surface area contributed by atoms with Gasteiger partial charge in [0.15, 0.2) is 6.54 Å². The average molecular weight is 358 g/mol. The number of carbonyl (C=O) groups excluding carboxylic acids is 4. The van der Waals surface area contributed by atoms with Gasteiger partial charge in [0.05, 0.1) is 39.3 Å². The zero-order chi connectivity index (χ0) is 18.4. The number of cyclic esters (lactones) is 4. The number of rotatable bonds is 8. The van der Waals surface area contributed by atoms with Gasteiger partial charge in [-0.2, -0.15) is 0 Å². The normalized spacial score (nSPS) is 19.9. The van der Waals surface area contributed by atoms with Gasteiger partial charge in [-0.15, -0.1) is 0 Å². The molecular weight excluding hydrogens is 338 g/mol. The molecule has 2 rings (SSSR count). The summed E-state index contributed by atoms with van der Waals surface area (Å²) in [6.07, 6.45) is 0. The number of nitrogens with one attached hydrogen (secondary N) is 1. The molecule has 2 saturated heterocycles. The van der Waals surface area contributed by atoms with Gasteiger partial charge in [-0.1, -0.05) is 0 Å². The molecule has 0 spiro atoms. The molecule has 0 aliphatic carbocycles. The molecule has 2 fully saturated rings. The van der Waals surface area contributed by atoms with Gasteiger partial charge in [-0.25, -0.2) is 4.79 Å².